The summed E-state index contributed by atoms with van der Waals surface area (Å²) in [6, 6.07) is 5.06. The maximum absolute atomic E-state index is 10.9. The molecular weight excluding hydrogens is 280 g/mol. The molecule has 20 heavy (non-hydrogen) atoms. The van der Waals surface area contributed by atoms with Gasteiger partial charge in [0.05, 0.1) is 10.6 Å². The maximum atomic E-state index is 10.9. The lowest BCUT2D eigenvalue weighted by Gasteiger charge is -2.05. The van der Waals surface area contributed by atoms with E-state index in [9.17, 15) is 10.1 Å². The zero-order valence-electron chi connectivity index (χ0n) is 10.5. The minimum Gasteiger partial charge on any atom is -0.378 e. The quantitative estimate of drug-likeness (QED) is 0.586. The summed E-state index contributed by atoms with van der Waals surface area (Å²) in [5, 5.41) is 23.5. The lowest BCUT2D eigenvalue weighted by molar-refractivity contribution is -0.383. The number of benzene rings is 1. The average molecular weight is 290 g/mol. The number of rotatable bonds is 4. The molecule has 0 aliphatic heterocycles. The van der Waals surface area contributed by atoms with E-state index < -0.39 is 4.92 Å². The van der Waals surface area contributed by atoms with Crippen molar-refractivity contribution in [3.05, 3.63) is 44.1 Å². The fourth-order valence-electron chi connectivity index (χ4n) is 1.90. The van der Waals surface area contributed by atoms with Crippen molar-refractivity contribution in [1.82, 2.24) is 10.3 Å². The van der Waals surface area contributed by atoms with Crippen LogP contribution in [0, 0.1) is 17.0 Å². The first-order valence-corrected chi connectivity index (χ1v) is 6.71. The van der Waals surface area contributed by atoms with Gasteiger partial charge in [-0.2, -0.15) is 0 Å². The van der Waals surface area contributed by atoms with Gasteiger partial charge in [0.2, 0.25) is 5.52 Å². The fraction of sp³-hybridized carbons (Fsp3) is 0.167. The molecule has 1 aromatic carbocycles. The first-order chi connectivity index (χ1) is 9.66. The van der Waals surface area contributed by atoms with Gasteiger partial charge in [-0.25, -0.2) is 4.63 Å². The Hall–Kier alpha value is -2.48. The van der Waals surface area contributed by atoms with Gasteiger partial charge in [0, 0.05) is 17.5 Å². The van der Waals surface area contributed by atoms with Gasteiger partial charge in [-0.05, 0) is 40.3 Å². The minimum absolute atomic E-state index is 0.112. The Kier molecular flexibility index (Phi) is 3.07. The normalized spacial score (nSPS) is 10.8. The van der Waals surface area contributed by atoms with Crippen LogP contribution in [0.5, 0.6) is 0 Å². The van der Waals surface area contributed by atoms with Crippen LogP contribution in [0.1, 0.15) is 10.4 Å². The van der Waals surface area contributed by atoms with Crippen molar-refractivity contribution < 1.29 is 9.55 Å². The lowest BCUT2D eigenvalue weighted by Crippen LogP contribution is -2.00. The van der Waals surface area contributed by atoms with Gasteiger partial charge in [-0.1, -0.05) is 0 Å². The molecule has 0 aliphatic carbocycles. The second-order valence-electron chi connectivity index (χ2n) is 4.23. The second kappa shape index (κ2) is 4.89. The van der Waals surface area contributed by atoms with Gasteiger partial charge in [0.1, 0.15) is 0 Å². The molecule has 0 saturated carbocycles. The number of nitro benzene ring substituents is 1. The zero-order chi connectivity index (χ0) is 14.1. The number of hydrogen-bond acceptors (Lipinski definition) is 7. The van der Waals surface area contributed by atoms with Crippen molar-refractivity contribution in [3.8, 4) is 0 Å². The molecular formula is C12H10N4O3S. The first-order valence-electron chi connectivity index (χ1n) is 5.83. The molecule has 0 radical (unpaired) electrons. The summed E-state index contributed by atoms with van der Waals surface area (Å²) in [4.78, 5) is 11.6. The summed E-state index contributed by atoms with van der Waals surface area (Å²) in [5.41, 5.74) is 2.29. The third-order valence-electron chi connectivity index (χ3n) is 3.00. The molecule has 0 aliphatic rings. The highest BCUT2D eigenvalue weighted by Gasteiger charge is 2.19. The van der Waals surface area contributed by atoms with Gasteiger partial charge in [0.25, 0.3) is 0 Å². The largest absolute Gasteiger partial charge is 0.378 e. The smallest absolute Gasteiger partial charge is 0.300 e. The number of hydrogen-bond donors (Lipinski definition) is 1. The Morgan fingerprint density at radius 1 is 1.35 bits per heavy atom. The molecule has 0 spiro atoms. The Bertz CT molecular complexity index is 780. The van der Waals surface area contributed by atoms with E-state index in [2.05, 4.69) is 20.3 Å². The third kappa shape index (κ3) is 2.10. The third-order valence-corrected chi connectivity index (χ3v) is 4.02. The van der Waals surface area contributed by atoms with Crippen LogP contribution in [0.2, 0.25) is 0 Å². The Balaban J connectivity index is 1.93. The first kappa shape index (κ1) is 12.5. The highest BCUT2D eigenvalue weighted by Crippen LogP contribution is 2.29. The Morgan fingerprint density at radius 2 is 2.15 bits per heavy atom. The van der Waals surface area contributed by atoms with E-state index in [0.29, 0.717) is 17.7 Å². The van der Waals surface area contributed by atoms with Gasteiger partial charge in [0.15, 0.2) is 5.52 Å². The van der Waals surface area contributed by atoms with Crippen LogP contribution in [-0.2, 0) is 6.54 Å². The van der Waals surface area contributed by atoms with Crippen LogP contribution in [-0.4, -0.2) is 15.2 Å². The van der Waals surface area contributed by atoms with Crippen LogP contribution >= 0.6 is 11.3 Å². The molecule has 0 saturated heterocycles. The van der Waals surface area contributed by atoms with E-state index in [1.54, 1.807) is 17.4 Å². The second-order valence-corrected chi connectivity index (χ2v) is 5.23. The molecule has 3 rings (SSSR count). The number of fused-ring (bicyclic) bond motifs is 1. The molecule has 3 aromatic rings. The summed E-state index contributed by atoms with van der Waals surface area (Å²) in [5.74, 6) is 0. The van der Waals surface area contributed by atoms with Crippen LogP contribution in [0.25, 0.3) is 11.0 Å². The van der Waals surface area contributed by atoms with Crippen LogP contribution < -0.4 is 5.32 Å². The van der Waals surface area contributed by atoms with E-state index in [4.69, 9.17) is 0 Å². The number of non-ortho nitro benzene ring substituents is 1. The highest BCUT2D eigenvalue weighted by molar-refractivity contribution is 7.10. The number of anilines is 1. The number of aryl methyl sites for hydroxylation is 1. The van der Waals surface area contributed by atoms with Crippen LogP contribution in [0.3, 0.4) is 0 Å². The number of nitrogens with one attached hydrogen (secondary N) is 1. The van der Waals surface area contributed by atoms with Crippen molar-refractivity contribution >= 4 is 33.7 Å². The summed E-state index contributed by atoms with van der Waals surface area (Å²) in [7, 11) is 0. The monoisotopic (exact) mass is 290 g/mol. The molecule has 1 N–H and O–H groups in total. The number of nitro groups is 1. The molecule has 102 valence electrons. The standard InChI is InChI=1S/C12H10N4O3S/c1-7-4-5-20-10(7)6-13-8-2-3-9(16(17)18)12-11(8)14-19-15-12/h2-5,13H,6H2,1H3. The number of thiophene rings is 1. The van der Waals surface area contributed by atoms with Crippen molar-refractivity contribution in [2.45, 2.75) is 13.5 Å². The molecule has 0 unspecified atom stereocenters. The van der Waals surface area contributed by atoms with Crippen molar-refractivity contribution in [2.75, 3.05) is 5.32 Å². The summed E-state index contributed by atoms with van der Waals surface area (Å²) >= 11 is 1.65. The van der Waals surface area contributed by atoms with Gasteiger partial charge < -0.3 is 5.32 Å². The van der Waals surface area contributed by atoms with Crippen molar-refractivity contribution in [1.29, 1.82) is 0 Å². The maximum Gasteiger partial charge on any atom is 0.300 e. The summed E-state index contributed by atoms with van der Waals surface area (Å²) in [6.07, 6.45) is 0. The molecule has 0 atom stereocenters. The van der Waals surface area contributed by atoms with E-state index in [-0.39, 0.29) is 11.2 Å². The van der Waals surface area contributed by atoms with Crippen LogP contribution in [0.15, 0.2) is 28.2 Å². The number of nitrogens with zero attached hydrogens (tertiary/aromatic N) is 3. The molecule has 2 aromatic heterocycles. The van der Waals surface area contributed by atoms with E-state index in [1.807, 2.05) is 18.4 Å². The van der Waals surface area contributed by atoms with E-state index in [0.717, 1.165) is 0 Å². The molecule has 0 amide bonds. The summed E-state index contributed by atoms with van der Waals surface area (Å²) in [6.45, 7) is 2.67. The van der Waals surface area contributed by atoms with Crippen molar-refractivity contribution in [3.63, 3.8) is 0 Å². The molecule has 0 fully saturated rings. The molecule has 0 bridgehead atoms. The molecule has 7 nitrogen and oxygen atoms in total. The SMILES string of the molecule is Cc1ccsc1CNc1ccc([N+](=O)[O-])c2nonc12. The van der Waals surface area contributed by atoms with E-state index in [1.165, 1.54) is 16.5 Å². The predicted octanol–water partition coefficient (Wildman–Crippen LogP) is 3.11. The van der Waals surface area contributed by atoms with Gasteiger partial charge in [-0.3, -0.25) is 10.1 Å². The van der Waals surface area contributed by atoms with Crippen LogP contribution in [0.4, 0.5) is 11.4 Å². The van der Waals surface area contributed by atoms with Gasteiger partial charge >= 0.3 is 5.69 Å². The topological polar surface area (TPSA) is 94.1 Å². The van der Waals surface area contributed by atoms with Crippen molar-refractivity contribution in [2.24, 2.45) is 0 Å². The zero-order valence-corrected chi connectivity index (χ0v) is 11.3. The highest BCUT2D eigenvalue weighted by atomic mass is 32.1. The predicted molar refractivity (Wildman–Crippen MR) is 74.8 cm³/mol. The Labute approximate surface area is 117 Å². The van der Waals surface area contributed by atoms with E-state index >= 15 is 0 Å². The minimum atomic E-state index is -0.500. The average Bonchev–Trinajstić information content (AvgIpc) is 3.04. The fourth-order valence-corrected chi connectivity index (χ4v) is 2.75. The van der Waals surface area contributed by atoms with Gasteiger partial charge in [-0.15, -0.1) is 11.3 Å². The Morgan fingerprint density at radius 3 is 2.85 bits per heavy atom. The molecule has 2 heterocycles. The summed E-state index contributed by atoms with van der Waals surface area (Å²) < 4.78 is 4.62. The number of aromatic nitrogens is 2. The molecule has 8 heteroatoms. The lowest BCUT2D eigenvalue weighted by atomic mass is 10.2.